The quantitative estimate of drug-likeness (QED) is 0.462. The third-order valence-corrected chi connectivity index (χ3v) is 4.71. The van der Waals surface area contributed by atoms with E-state index in [1.54, 1.807) is 33.5 Å². The summed E-state index contributed by atoms with van der Waals surface area (Å²) in [5.41, 5.74) is 0.662. The second-order valence-corrected chi connectivity index (χ2v) is 6.71. The molecular formula is C18H22N4O5S. The van der Waals surface area contributed by atoms with E-state index < -0.39 is 0 Å². The molecule has 0 amide bonds. The summed E-state index contributed by atoms with van der Waals surface area (Å²) >= 11 is 1.34. The first-order valence-corrected chi connectivity index (χ1v) is 9.75. The molecule has 0 aliphatic carbocycles. The van der Waals surface area contributed by atoms with Crippen molar-refractivity contribution < 1.29 is 23.2 Å². The minimum atomic E-state index is 0.346. The highest BCUT2D eigenvalue weighted by molar-refractivity contribution is 7.98. The van der Waals surface area contributed by atoms with Crippen molar-refractivity contribution in [2.45, 2.75) is 37.2 Å². The Morgan fingerprint density at radius 2 is 1.79 bits per heavy atom. The van der Waals surface area contributed by atoms with Gasteiger partial charge in [-0.1, -0.05) is 30.3 Å². The number of thioether (sulfide) groups is 1. The van der Waals surface area contributed by atoms with E-state index in [1.807, 2.05) is 0 Å². The fourth-order valence-corrected chi connectivity index (χ4v) is 3.10. The smallest absolute Gasteiger partial charge is 0.277 e. The van der Waals surface area contributed by atoms with Crippen LogP contribution >= 0.6 is 11.8 Å². The largest absolute Gasteiger partial charge is 0.493 e. The molecule has 0 fully saturated rings. The lowest BCUT2D eigenvalue weighted by Crippen LogP contribution is -1.95. The number of benzene rings is 1. The molecule has 0 aliphatic heterocycles. The Hall–Kier alpha value is -2.75. The molecule has 2 heterocycles. The monoisotopic (exact) mass is 406 g/mol. The fraction of sp³-hybridized carbons (Fsp3) is 0.444. The van der Waals surface area contributed by atoms with E-state index >= 15 is 0 Å². The molecule has 3 aromatic rings. The van der Waals surface area contributed by atoms with E-state index in [1.165, 1.54) is 11.8 Å². The van der Waals surface area contributed by atoms with Gasteiger partial charge in [0.1, 0.15) is 0 Å². The molecule has 9 nitrogen and oxygen atoms in total. The van der Waals surface area contributed by atoms with Crippen molar-refractivity contribution in [2.75, 3.05) is 21.3 Å². The molecule has 0 aliphatic rings. The van der Waals surface area contributed by atoms with Crippen LogP contribution in [0.5, 0.6) is 17.2 Å². The third kappa shape index (κ3) is 4.56. The molecule has 1 aromatic carbocycles. The second-order valence-electron chi connectivity index (χ2n) is 5.78. The lowest BCUT2D eigenvalue weighted by atomic mass is 10.2. The summed E-state index contributed by atoms with van der Waals surface area (Å²) in [5, 5.41) is 12.5. The van der Waals surface area contributed by atoms with Crippen molar-refractivity contribution in [1.82, 2.24) is 20.3 Å². The van der Waals surface area contributed by atoms with Gasteiger partial charge in [0.2, 0.25) is 17.5 Å². The maximum Gasteiger partial charge on any atom is 0.277 e. The van der Waals surface area contributed by atoms with E-state index in [0.717, 1.165) is 19.3 Å². The highest BCUT2D eigenvalue weighted by Gasteiger charge is 2.18. The molecule has 0 spiro atoms. The van der Waals surface area contributed by atoms with Gasteiger partial charge in [0.25, 0.3) is 5.22 Å². The molecule has 150 valence electrons. The fourth-order valence-electron chi connectivity index (χ4n) is 2.49. The maximum atomic E-state index is 5.74. The van der Waals surface area contributed by atoms with Crippen LogP contribution in [0.15, 0.2) is 26.3 Å². The summed E-state index contributed by atoms with van der Waals surface area (Å²) < 4.78 is 27.0. The Kier molecular flexibility index (Phi) is 6.75. The number of ether oxygens (including phenoxy) is 3. The van der Waals surface area contributed by atoms with Crippen molar-refractivity contribution in [3.8, 4) is 28.7 Å². The van der Waals surface area contributed by atoms with Gasteiger partial charge in [0, 0.05) is 12.0 Å². The minimum Gasteiger partial charge on any atom is -0.493 e. The molecule has 0 N–H and O–H groups in total. The Morgan fingerprint density at radius 1 is 1.04 bits per heavy atom. The topological polar surface area (TPSA) is 106 Å². The number of unbranched alkanes of at least 4 members (excludes halogenated alkanes) is 1. The zero-order valence-corrected chi connectivity index (χ0v) is 17.0. The normalized spacial score (nSPS) is 10.9. The van der Waals surface area contributed by atoms with Crippen LogP contribution < -0.4 is 14.2 Å². The second kappa shape index (κ2) is 9.45. The van der Waals surface area contributed by atoms with Gasteiger partial charge in [-0.15, -0.1) is 10.2 Å². The Labute approximate surface area is 166 Å². The van der Waals surface area contributed by atoms with E-state index in [0.29, 0.717) is 51.4 Å². The average molecular weight is 406 g/mol. The minimum absolute atomic E-state index is 0.346. The van der Waals surface area contributed by atoms with Crippen LogP contribution in [-0.4, -0.2) is 41.7 Å². The van der Waals surface area contributed by atoms with Crippen molar-refractivity contribution in [2.24, 2.45) is 0 Å². The highest BCUT2D eigenvalue weighted by Crippen LogP contribution is 2.41. The predicted octanol–water partition coefficient (Wildman–Crippen LogP) is 3.78. The van der Waals surface area contributed by atoms with E-state index in [2.05, 4.69) is 27.3 Å². The van der Waals surface area contributed by atoms with Gasteiger partial charge < -0.3 is 23.2 Å². The van der Waals surface area contributed by atoms with Crippen LogP contribution in [0.3, 0.4) is 0 Å². The SMILES string of the molecule is CCCCc1nc(CSc2nnc(-c3cc(OC)c(OC)c(OC)c3)o2)no1. The molecule has 0 saturated carbocycles. The maximum absolute atomic E-state index is 5.74. The van der Waals surface area contributed by atoms with Gasteiger partial charge in [0.15, 0.2) is 17.3 Å². The zero-order chi connectivity index (χ0) is 19.9. The van der Waals surface area contributed by atoms with Gasteiger partial charge in [-0.2, -0.15) is 4.98 Å². The van der Waals surface area contributed by atoms with Crippen LogP contribution in [0.25, 0.3) is 11.5 Å². The number of hydrogen-bond donors (Lipinski definition) is 0. The van der Waals surface area contributed by atoms with Gasteiger partial charge in [-0.3, -0.25) is 0 Å². The number of aryl methyl sites for hydroxylation is 1. The van der Waals surface area contributed by atoms with Crippen LogP contribution in [0.2, 0.25) is 0 Å². The Morgan fingerprint density at radius 3 is 2.43 bits per heavy atom. The first kappa shape index (κ1) is 20.0. The first-order chi connectivity index (χ1) is 13.7. The molecule has 2 aromatic heterocycles. The zero-order valence-electron chi connectivity index (χ0n) is 16.2. The molecule has 0 radical (unpaired) electrons. The Bertz CT molecular complexity index is 886. The molecule has 0 atom stereocenters. The van der Waals surface area contributed by atoms with E-state index in [9.17, 15) is 0 Å². The third-order valence-electron chi connectivity index (χ3n) is 3.90. The molecule has 28 heavy (non-hydrogen) atoms. The number of nitrogens with zero attached hydrogens (tertiary/aromatic N) is 4. The standard InChI is InChI=1S/C18H22N4O5S/c1-5-6-7-15-19-14(22-27-15)10-28-18-21-20-17(26-18)11-8-12(23-2)16(25-4)13(9-11)24-3/h8-9H,5-7,10H2,1-4H3. The summed E-state index contributed by atoms with van der Waals surface area (Å²) in [6.45, 7) is 2.12. The van der Waals surface area contributed by atoms with Crippen LogP contribution in [0, 0.1) is 0 Å². The summed E-state index contributed by atoms with van der Waals surface area (Å²) in [6.07, 6.45) is 2.90. The van der Waals surface area contributed by atoms with Gasteiger partial charge in [-0.05, 0) is 18.6 Å². The summed E-state index contributed by atoms with van der Waals surface area (Å²) in [6, 6.07) is 3.50. The van der Waals surface area contributed by atoms with Crippen molar-refractivity contribution in [1.29, 1.82) is 0 Å². The molecule has 3 rings (SSSR count). The molecule has 0 saturated heterocycles. The molecule has 10 heteroatoms. The average Bonchev–Trinajstić information content (AvgIpc) is 3.38. The van der Waals surface area contributed by atoms with Crippen molar-refractivity contribution >= 4 is 11.8 Å². The van der Waals surface area contributed by atoms with Crippen LogP contribution in [0.1, 0.15) is 31.5 Å². The highest BCUT2D eigenvalue weighted by atomic mass is 32.2. The first-order valence-electron chi connectivity index (χ1n) is 8.76. The number of methoxy groups -OCH3 is 3. The van der Waals surface area contributed by atoms with Crippen molar-refractivity contribution in [3.05, 3.63) is 23.8 Å². The van der Waals surface area contributed by atoms with E-state index in [4.69, 9.17) is 23.2 Å². The summed E-state index contributed by atoms with van der Waals surface area (Å²) in [5.74, 6) is 3.60. The lowest BCUT2D eigenvalue weighted by molar-refractivity contribution is 0.324. The van der Waals surface area contributed by atoms with Gasteiger partial charge in [-0.25, -0.2) is 0 Å². The summed E-state index contributed by atoms with van der Waals surface area (Å²) in [7, 11) is 4.65. The van der Waals surface area contributed by atoms with Gasteiger partial charge in [0.05, 0.1) is 27.1 Å². The van der Waals surface area contributed by atoms with Gasteiger partial charge >= 0.3 is 0 Å². The van der Waals surface area contributed by atoms with E-state index in [-0.39, 0.29) is 0 Å². The molecule has 0 unspecified atom stereocenters. The summed E-state index contributed by atoms with van der Waals surface area (Å²) in [4.78, 5) is 4.36. The van der Waals surface area contributed by atoms with Crippen LogP contribution in [0.4, 0.5) is 0 Å². The van der Waals surface area contributed by atoms with Crippen molar-refractivity contribution in [3.63, 3.8) is 0 Å². The number of rotatable bonds is 10. The molecular weight excluding hydrogens is 384 g/mol. The number of hydrogen-bond acceptors (Lipinski definition) is 10. The predicted molar refractivity (Wildman–Crippen MR) is 102 cm³/mol. The molecule has 0 bridgehead atoms. The Balaban J connectivity index is 1.71. The van der Waals surface area contributed by atoms with Crippen LogP contribution in [-0.2, 0) is 12.2 Å². The number of aromatic nitrogens is 4. The lowest BCUT2D eigenvalue weighted by Gasteiger charge is -2.12.